The molecule has 4 heterocycles. The summed E-state index contributed by atoms with van der Waals surface area (Å²) in [4.78, 5) is 36.3. The lowest BCUT2D eigenvalue weighted by atomic mass is 10.1. The molecule has 2 aromatic heterocycles. The Bertz CT molecular complexity index is 1580. The smallest absolute Gasteiger partial charge is 0.225 e. The lowest BCUT2D eigenvalue weighted by molar-refractivity contribution is 0.112. The summed E-state index contributed by atoms with van der Waals surface area (Å²) in [5, 5.41) is 7.13. The van der Waals surface area contributed by atoms with E-state index in [0.29, 0.717) is 18.1 Å². The van der Waals surface area contributed by atoms with E-state index in [1.807, 2.05) is 30.6 Å². The van der Waals surface area contributed by atoms with Crippen LogP contribution in [0.5, 0.6) is 0 Å². The number of benzene rings is 2. The van der Waals surface area contributed by atoms with E-state index in [2.05, 4.69) is 79.8 Å². The number of carbonyl (C=O) groups is 1. The predicted octanol–water partition coefficient (Wildman–Crippen LogP) is 4.28. The highest BCUT2D eigenvalue weighted by molar-refractivity contribution is 5.77. The average molecular weight is 639 g/mol. The summed E-state index contributed by atoms with van der Waals surface area (Å²) in [6.45, 7) is 19.3. The van der Waals surface area contributed by atoms with Gasteiger partial charge in [-0.3, -0.25) is 4.79 Å². The Morgan fingerprint density at radius 3 is 2.36 bits per heavy atom. The number of nitrogens with zero attached hydrogens (tertiary/aromatic N) is 8. The van der Waals surface area contributed by atoms with E-state index in [9.17, 15) is 4.79 Å². The van der Waals surface area contributed by atoms with Crippen LogP contribution in [0.3, 0.4) is 0 Å². The van der Waals surface area contributed by atoms with E-state index >= 15 is 0 Å². The number of hydrogen-bond acceptors (Lipinski definition) is 10. The van der Waals surface area contributed by atoms with Gasteiger partial charge in [-0.25, -0.2) is 9.97 Å². The van der Waals surface area contributed by atoms with Crippen molar-refractivity contribution in [3.8, 4) is 0 Å². The summed E-state index contributed by atoms with van der Waals surface area (Å²) in [6, 6.07) is 16.5. The lowest BCUT2D eigenvalue weighted by Gasteiger charge is -2.37. The maximum Gasteiger partial charge on any atom is 0.225 e. The first-order valence-corrected chi connectivity index (χ1v) is 17.4. The Kier molecular flexibility index (Phi) is 11.0. The third-order valence-electron chi connectivity index (χ3n) is 9.71. The first-order chi connectivity index (χ1) is 23.1. The van der Waals surface area contributed by atoms with Crippen molar-refractivity contribution in [2.75, 3.05) is 87.1 Å². The molecule has 0 aliphatic carbocycles. The van der Waals surface area contributed by atoms with E-state index in [1.165, 1.54) is 11.3 Å². The quantitative estimate of drug-likeness (QED) is 0.195. The molecule has 2 N–H and O–H groups in total. The number of piperazine rings is 2. The summed E-state index contributed by atoms with van der Waals surface area (Å²) in [5.74, 6) is 0.611. The van der Waals surface area contributed by atoms with E-state index in [1.54, 1.807) is 0 Å². The maximum absolute atomic E-state index is 11.3. The van der Waals surface area contributed by atoms with Crippen LogP contribution in [0.4, 0.5) is 17.3 Å². The second-order valence-electron chi connectivity index (χ2n) is 12.5. The molecule has 2 aliphatic rings. The molecule has 0 radical (unpaired) electrons. The molecule has 2 aliphatic heterocycles. The van der Waals surface area contributed by atoms with Gasteiger partial charge in [0.2, 0.25) is 5.95 Å². The van der Waals surface area contributed by atoms with Crippen molar-refractivity contribution >= 4 is 34.8 Å². The molecule has 2 fully saturated rings. The minimum atomic E-state index is -0.0385. The molecule has 1 atom stereocenters. The number of rotatable bonds is 14. The standard InChI is InChI=1S/C36H50N10O/c1-4-42-20-22-43(23-21-42)17-7-18-45-27-39-34-33(32-25-37-16-19-46(32)31-14-10-29(26-47)11-15-31)40-36(41-35(34)45)38-24-28-8-12-30(13-9-28)44(5-2)6-3/h8-15,26-27,32,37H,4-7,16-25H2,1-3H3,(H,38,40,41). The molecule has 11 nitrogen and oxygen atoms in total. The molecule has 2 saturated heterocycles. The summed E-state index contributed by atoms with van der Waals surface area (Å²) in [6.07, 6.45) is 3.87. The van der Waals surface area contributed by atoms with Gasteiger partial charge in [0.25, 0.3) is 0 Å². The molecule has 4 aromatic rings. The fraction of sp³-hybridized carbons (Fsp3) is 0.500. The Hall–Kier alpha value is -4.06. The largest absolute Gasteiger partial charge is 0.372 e. The first kappa shape index (κ1) is 32.9. The van der Waals surface area contributed by atoms with Gasteiger partial charge in [0.05, 0.1) is 18.1 Å². The number of aromatic nitrogens is 4. The van der Waals surface area contributed by atoms with Crippen LogP contribution < -0.4 is 20.4 Å². The van der Waals surface area contributed by atoms with Gasteiger partial charge in [0.1, 0.15) is 11.8 Å². The van der Waals surface area contributed by atoms with E-state index < -0.39 is 0 Å². The minimum absolute atomic E-state index is 0.0385. The zero-order chi connectivity index (χ0) is 32.6. The third-order valence-corrected chi connectivity index (χ3v) is 9.71. The van der Waals surface area contributed by atoms with Crippen LogP contribution in [0.2, 0.25) is 0 Å². The zero-order valence-electron chi connectivity index (χ0n) is 28.2. The van der Waals surface area contributed by atoms with Crippen molar-refractivity contribution in [2.24, 2.45) is 0 Å². The SMILES string of the molecule is CCN1CCN(CCCn2cnc3c(C4CNCCN4c4ccc(C=O)cc4)nc(NCc4ccc(N(CC)CC)cc4)nc32)CC1. The Labute approximate surface area is 279 Å². The van der Waals surface area contributed by atoms with Crippen LogP contribution >= 0.6 is 0 Å². The number of fused-ring (bicyclic) bond motifs is 1. The van der Waals surface area contributed by atoms with E-state index in [4.69, 9.17) is 15.0 Å². The topological polar surface area (TPSA) is 97.7 Å². The number of anilines is 3. The number of aldehydes is 1. The Morgan fingerprint density at radius 1 is 0.915 bits per heavy atom. The second-order valence-corrected chi connectivity index (χ2v) is 12.5. The minimum Gasteiger partial charge on any atom is -0.372 e. The highest BCUT2D eigenvalue weighted by Gasteiger charge is 2.29. The molecule has 250 valence electrons. The second kappa shape index (κ2) is 15.7. The number of aryl methyl sites for hydroxylation is 1. The molecule has 11 heteroatoms. The van der Waals surface area contributed by atoms with Crippen molar-refractivity contribution in [1.29, 1.82) is 0 Å². The molecule has 0 amide bonds. The van der Waals surface area contributed by atoms with E-state index in [-0.39, 0.29) is 6.04 Å². The molecule has 0 spiro atoms. The van der Waals surface area contributed by atoms with Gasteiger partial charge in [-0.15, -0.1) is 0 Å². The third kappa shape index (κ3) is 7.75. The van der Waals surface area contributed by atoms with Crippen molar-refractivity contribution in [3.05, 3.63) is 71.7 Å². The fourth-order valence-corrected chi connectivity index (χ4v) is 6.83. The molecule has 0 bridgehead atoms. The van der Waals surface area contributed by atoms with Gasteiger partial charge < -0.3 is 34.8 Å². The van der Waals surface area contributed by atoms with Crippen molar-refractivity contribution < 1.29 is 4.79 Å². The number of imidazole rings is 1. The summed E-state index contributed by atoms with van der Waals surface area (Å²) >= 11 is 0. The molecular formula is C36H50N10O. The first-order valence-electron chi connectivity index (χ1n) is 17.4. The van der Waals surface area contributed by atoms with Crippen molar-refractivity contribution in [3.63, 3.8) is 0 Å². The summed E-state index contributed by atoms with van der Waals surface area (Å²) in [5.41, 5.74) is 6.79. The highest BCUT2D eigenvalue weighted by Crippen LogP contribution is 2.32. The molecule has 1 unspecified atom stereocenters. The summed E-state index contributed by atoms with van der Waals surface area (Å²) < 4.78 is 2.20. The number of nitrogens with one attached hydrogen (secondary N) is 2. The van der Waals surface area contributed by atoms with Crippen LogP contribution in [0, 0.1) is 0 Å². The highest BCUT2D eigenvalue weighted by atomic mass is 16.1. The van der Waals surface area contributed by atoms with Gasteiger partial charge in [0, 0.05) is 88.9 Å². The predicted molar refractivity (Wildman–Crippen MR) is 191 cm³/mol. The van der Waals surface area contributed by atoms with Gasteiger partial charge in [0.15, 0.2) is 5.65 Å². The average Bonchev–Trinajstić information content (AvgIpc) is 3.54. The molecule has 2 aromatic carbocycles. The zero-order valence-corrected chi connectivity index (χ0v) is 28.2. The normalized spacial score (nSPS) is 17.7. The Balaban J connectivity index is 1.26. The van der Waals surface area contributed by atoms with Crippen LogP contribution in [-0.2, 0) is 13.1 Å². The lowest BCUT2D eigenvalue weighted by Crippen LogP contribution is -2.46. The van der Waals surface area contributed by atoms with Crippen molar-refractivity contribution in [1.82, 2.24) is 34.6 Å². The monoisotopic (exact) mass is 638 g/mol. The van der Waals surface area contributed by atoms with Crippen LogP contribution in [0.25, 0.3) is 11.2 Å². The number of hydrogen-bond donors (Lipinski definition) is 2. The van der Waals surface area contributed by atoms with Crippen molar-refractivity contribution in [2.45, 2.75) is 46.3 Å². The summed E-state index contributed by atoms with van der Waals surface area (Å²) in [7, 11) is 0. The van der Waals surface area contributed by atoms with Crippen LogP contribution in [0.1, 0.15) is 54.8 Å². The molecule has 6 rings (SSSR count). The van der Waals surface area contributed by atoms with Gasteiger partial charge in [-0.1, -0.05) is 19.1 Å². The molecular weight excluding hydrogens is 588 g/mol. The van der Waals surface area contributed by atoms with Gasteiger partial charge in [-0.2, -0.15) is 4.98 Å². The van der Waals surface area contributed by atoms with Crippen LogP contribution in [-0.4, -0.2) is 108 Å². The van der Waals surface area contributed by atoms with Crippen LogP contribution in [0.15, 0.2) is 54.9 Å². The Morgan fingerprint density at radius 2 is 1.66 bits per heavy atom. The fourth-order valence-electron chi connectivity index (χ4n) is 6.83. The van der Waals surface area contributed by atoms with Gasteiger partial charge in [-0.05, 0) is 75.3 Å². The molecule has 47 heavy (non-hydrogen) atoms. The maximum atomic E-state index is 11.3. The number of carbonyl (C=O) groups excluding carboxylic acids is 1. The van der Waals surface area contributed by atoms with Gasteiger partial charge >= 0.3 is 0 Å². The number of likely N-dealkylation sites (N-methyl/N-ethyl adjacent to an activating group) is 1. The van der Waals surface area contributed by atoms with E-state index in [0.717, 1.165) is 114 Å². The molecule has 0 saturated carbocycles.